The van der Waals surface area contributed by atoms with Crippen LogP contribution in [-0.2, 0) is 6.54 Å². The molecule has 0 aliphatic rings. The molecule has 0 radical (unpaired) electrons. The van der Waals surface area contributed by atoms with E-state index in [0.29, 0.717) is 28.9 Å². The number of carbonyl (C=O) groups excluding carboxylic acids is 1. The van der Waals surface area contributed by atoms with Crippen molar-refractivity contribution in [2.24, 2.45) is 0 Å². The number of hydrogen-bond donors (Lipinski definition) is 1. The number of aromatic nitrogens is 1. The van der Waals surface area contributed by atoms with Gasteiger partial charge in [0.1, 0.15) is 5.82 Å². The molecule has 0 atom stereocenters. The van der Waals surface area contributed by atoms with Gasteiger partial charge in [-0.3, -0.25) is 9.59 Å². The van der Waals surface area contributed by atoms with E-state index >= 15 is 0 Å². The lowest BCUT2D eigenvalue weighted by Gasteiger charge is -2.20. The van der Waals surface area contributed by atoms with Crippen molar-refractivity contribution < 1.29 is 4.79 Å². The number of nitrogens with one attached hydrogen (secondary N) is 1. The number of amides is 1. The van der Waals surface area contributed by atoms with Crippen LogP contribution in [0.15, 0.2) is 88.1 Å². The van der Waals surface area contributed by atoms with Gasteiger partial charge in [0.2, 0.25) is 0 Å². The summed E-state index contributed by atoms with van der Waals surface area (Å²) in [6, 6.07) is 24.1. The van der Waals surface area contributed by atoms with Crippen molar-refractivity contribution in [3.05, 3.63) is 99.1 Å². The second-order valence-electron chi connectivity index (χ2n) is 6.64. The maximum atomic E-state index is 13.4. The van der Waals surface area contributed by atoms with Crippen molar-refractivity contribution in [1.29, 1.82) is 0 Å². The largest absolute Gasteiger partial charge is 0.327 e. The lowest BCUT2D eigenvalue weighted by atomic mass is 10.0. The summed E-state index contributed by atoms with van der Waals surface area (Å²) in [5.74, 6) is 0.243. The Balaban J connectivity index is 1.98. The van der Waals surface area contributed by atoms with E-state index < -0.39 is 0 Å². The van der Waals surface area contributed by atoms with E-state index in [1.165, 1.54) is 0 Å². The molecule has 0 bridgehead atoms. The molecule has 0 spiro atoms. The number of para-hydroxylation sites is 1. The smallest absolute Gasteiger partial charge is 0.256 e. The average molecular weight is 447 g/mol. The molecule has 5 heteroatoms. The van der Waals surface area contributed by atoms with Crippen molar-refractivity contribution in [2.75, 3.05) is 5.32 Å². The maximum Gasteiger partial charge on any atom is 0.256 e. The summed E-state index contributed by atoms with van der Waals surface area (Å²) < 4.78 is 2.80. The quantitative estimate of drug-likeness (QED) is 0.436. The molecule has 144 valence electrons. The predicted octanol–water partition coefficient (Wildman–Crippen LogP) is 5.70. The Morgan fingerprint density at radius 1 is 0.966 bits per heavy atom. The van der Waals surface area contributed by atoms with Crippen molar-refractivity contribution in [3.63, 3.8) is 0 Å². The van der Waals surface area contributed by atoms with Crippen LogP contribution in [0.2, 0.25) is 0 Å². The van der Waals surface area contributed by atoms with Crippen molar-refractivity contribution in [2.45, 2.75) is 13.5 Å². The van der Waals surface area contributed by atoms with Gasteiger partial charge in [-0.05, 0) is 42.8 Å². The molecule has 0 unspecified atom stereocenters. The summed E-state index contributed by atoms with van der Waals surface area (Å²) >= 11 is 3.40. The van der Waals surface area contributed by atoms with Crippen LogP contribution in [0.5, 0.6) is 0 Å². The fourth-order valence-electron chi connectivity index (χ4n) is 3.54. The molecule has 29 heavy (non-hydrogen) atoms. The lowest BCUT2D eigenvalue weighted by Crippen LogP contribution is -2.22. The summed E-state index contributed by atoms with van der Waals surface area (Å²) in [5.41, 5.74) is 2.48. The summed E-state index contributed by atoms with van der Waals surface area (Å²) in [7, 11) is 0. The summed E-state index contributed by atoms with van der Waals surface area (Å²) in [6.07, 6.45) is 0. The first kappa shape index (κ1) is 19.2. The van der Waals surface area contributed by atoms with Gasteiger partial charge in [0, 0.05) is 22.0 Å². The van der Waals surface area contributed by atoms with Crippen LogP contribution in [0.4, 0.5) is 5.82 Å². The Morgan fingerprint density at radius 2 is 1.69 bits per heavy atom. The topological polar surface area (TPSA) is 51.1 Å². The standard InChI is InChI=1S/C24H19BrN2O2/c1-2-27-20-14-7-6-13-19(20)22(28)21(16-9-4-3-5-10-16)23(27)26-24(29)17-11-8-12-18(25)15-17/h3-15H,2H2,1H3,(H,26,29). The van der Waals surface area contributed by atoms with Crippen LogP contribution in [0.3, 0.4) is 0 Å². The lowest BCUT2D eigenvalue weighted by molar-refractivity contribution is 0.102. The van der Waals surface area contributed by atoms with Gasteiger partial charge in [0.25, 0.3) is 5.91 Å². The molecular formula is C24H19BrN2O2. The van der Waals surface area contributed by atoms with Gasteiger partial charge in [0.15, 0.2) is 5.43 Å². The average Bonchev–Trinajstić information content (AvgIpc) is 2.75. The molecule has 0 aliphatic heterocycles. The van der Waals surface area contributed by atoms with Gasteiger partial charge in [-0.1, -0.05) is 64.5 Å². The minimum atomic E-state index is -0.264. The summed E-state index contributed by atoms with van der Waals surface area (Å²) in [5, 5.41) is 3.64. The summed E-state index contributed by atoms with van der Waals surface area (Å²) in [6.45, 7) is 2.61. The van der Waals surface area contributed by atoms with E-state index in [2.05, 4.69) is 21.2 Å². The molecule has 1 heterocycles. The minimum Gasteiger partial charge on any atom is -0.327 e. The van der Waals surface area contributed by atoms with Crippen LogP contribution in [0, 0.1) is 0 Å². The molecular weight excluding hydrogens is 428 g/mol. The molecule has 4 aromatic rings. The monoisotopic (exact) mass is 446 g/mol. The maximum absolute atomic E-state index is 13.4. The van der Waals surface area contributed by atoms with Crippen molar-refractivity contribution in [1.82, 2.24) is 4.57 Å². The highest BCUT2D eigenvalue weighted by Crippen LogP contribution is 2.29. The zero-order chi connectivity index (χ0) is 20.4. The number of rotatable bonds is 4. The Bertz CT molecular complexity index is 1260. The molecule has 0 aliphatic carbocycles. The molecule has 1 aromatic heterocycles. The second-order valence-corrected chi connectivity index (χ2v) is 7.56. The third-order valence-electron chi connectivity index (χ3n) is 4.87. The molecule has 3 aromatic carbocycles. The molecule has 1 N–H and O–H groups in total. The van der Waals surface area contributed by atoms with E-state index in [0.717, 1.165) is 15.6 Å². The van der Waals surface area contributed by atoms with E-state index in [-0.39, 0.29) is 11.3 Å². The number of anilines is 1. The van der Waals surface area contributed by atoms with Crippen LogP contribution in [0.25, 0.3) is 22.0 Å². The van der Waals surface area contributed by atoms with E-state index in [4.69, 9.17) is 0 Å². The van der Waals surface area contributed by atoms with Crippen LogP contribution >= 0.6 is 15.9 Å². The molecule has 0 saturated carbocycles. The SMILES string of the molecule is CCn1c(NC(=O)c2cccc(Br)c2)c(-c2ccccc2)c(=O)c2ccccc21. The highest BCUT2D eigenvalue weighted by atomic mass is 79.9. The number of carbonyl (C=O) groups is 1. The summed E-state index contributed by atoms with van der Waals surface area (Å²) in [4.78, 5) is 26.4. The van der Waals surface area contributed by atoms with Gasteiger partial charge < -0.3 is 9.88 Å². The molecule has 0 fully saturated rings. The zero-order valence-corrected chi connectivity index (χ0v) is 17.4. The van der Waals surface area contributed by atoms with Crippen molar-refractivity contribution >= 4 is 38.6 Å². The minimum absolute atomic E-state index is 0.0963. The van der Waals surface area contributed by atoms with Gasteiger partial charge in [-0.15, -0.1) is 0 Å². The fraction of sp³-hybridized carbons (Fsp3) is 0.0833. The number of aryl methyl sites for hydroxylation is 1. The molecule has 1 amide bonds. The Labute approximate surface area is 176 Å². The fourth-order valence-corrected chi connectivity index (χ4v) is 3.94. The third-order valence-corrected chi connectivity index (χ3v) is 5.36. The Kier molecular flexibility index (Phi) is 5.32. The molecule has 4 nitrogen and oxygen atoms in total. The number of fused-ring (bicyclic) bond motifs is 1. The van der Waals surface area contributed by atoms with Gasteiger partial charge >= 0.3 is 0 Å². The third kappa shape index (κ3) is 3.61. The van der Waals surface area contributed by atoms with Crippen LogP contribution in [-0.4, -0.2) is 10.5 Å². The van der Waals surface area contributed by atoms with E-state index in [9.17, 15) is 9.59 Å². The zero-order valence-electron chi connectivity index (χ0n) is 15.9. The highest BCUT2D eigenvalue weighted by Gasteiger charge is 2.20. The Hall–Kier alpha value is -3.18. The number of hydrogen-bond acceptors (Lipinski definition) is 2. The van der Waals surface area contributed by atoms with Gasteiger partial charge in [0.05, 0.1) is 11.1 Å². The first-order valence-electron chi connectivity index (χ1n) is 9.38. The molecule has 0 saturated heterocycles. The number of halogens is 1. The van der Waals surface area contributed by atoms with Gasteiger partial charge in [-0.2, -0.15) is 0 Å². The van der Waals surface area contributed by atoms with Gasteiger partial charge in [-0.25, -0.2) is 0 Å². The van der Waals surface area contributed by atoms with E-state index in [1.54, 1.807) is 12.1 Å². The first-order chi connectivity index (χ1) is 14.1. The first-order valence-corrected chi connectivity index (χ1v) is 10.2. The predicted molar refractivity (Wildman–Crippen MR) is 121 cm³/mol. The van der Waals surface area contributed by atoms with Crippen LogP contribution in [0.1, 0.15) is 17.3 Å². The number of benzene rings is 3. The normalized spacial score (nSPS) is 10.8. The number of nitrogens with zero attached hydrogens (tertiary/aromatic N) is 1. The van der Waals surface area contributed by atoms with E-state index in [1.807, 2.05) is 78.2 Å². The van der Waals surface area contributed by atoms with Crippen molar-refractivity contribution in [3.8, 4) is 11.1 Å². The number of pyridine rings is 1. The second kappa shape index (κ2) is 8.05. The molecule has 4 rings (SSSR count). The van der Waals surface area contributed by atoms with Crippen LogP contribution < -0.4 is 10.7 Å². The highest BCUT2D eigenvalue weighted by molar-refractivity contribution is 9.10. The Morgan fingerprint density at radius 3 is 2.41 bits per heavy atom.